The summed E-state index contributed by atoms with van der Waals surface area (Å²) < 4.78 is 20.3. The first-order valence-corrected chi connectivity index (χ1v) is 8.25. The third-order valence-corrected chi connectivity index (χ3v) is 4.37. The van der Waals surface area contributed by atoms with Crippen molar-refractivity contribution in [3.05, 3.63) is 56.7 Å². The molecule has 0 aliphatic carbocycles. The minimum Gasteiger partial charge on any atom is -0.455 e. The van der Waals surface area contributed by atoms with Crippen LogP contribution in [0.5, 0.6) is 11.5 Å². The lowest BCUT2D eigenvalue weighted by atomic mass is 10.0. The maximum absolute atomic E-state index is 13.1. The summed E-state index contributed by atoms with van der Waals surface area (Å²) >= 11 is 6.79. The van der Waals surface area contributed by atoms with E-state index in [2.05, 4.69) is 38.8 Å². The molecule has 0 bridgehead atoms. The van der Waals surface area contributed by atoms with Gasteiger partial charge in [0.15, 0.2) is 0 Å². The van der Waals surface area contributed by atoms with Gasteiger partial charge in [-0.3, -0.25) is 0 Å². The first-order chi connectivity index (χ1) is 9.99. The summed E-state index contributed by atoms with van der Waals surface area (Å²) in [6.07, 6.45) is 1.77. The van der Waals surface area contributed by atoms with Gasteiger partial charge in [-0.1, -0.05) is 13.0 Å². The van der Waals surface area contributed by atoms with Gasteiger partial charge in [-0.25, -0.2) is 4.39 Å². The molecule has 2 aromatic rings. The molecule has 0 amide bonds. The maximum Gasteiger partial charge on any atom is 0.141 e. The van der Waals surface area contributed by atoms with E-state index in [1.807, 2.05) is 18.2 Å². The Morgan fingerprint density at radius 3 is 2.29 bits per heavy atom. The Morgan fingerprint density at radius 1 is 1.10 bits per heavy atom. The van der Waals surface area contributed by atoms with E-state index >= 15 is 0 Å². The van der Waals surface area contributed by atoms with Crippen LogP contribution in [0.15, 0.2) is 45.3 Å². The largest absolute Gasteiger partial charge is 0.455 e. The highest BCUT2D eigenvalue weighted by Crippen LogP contribution is 2.34. The number of benzene rings is 2. The van der Waals surface area contributed by atoms with Crippen molar-refractivity contribution in [3.8, 4) is 11.5 Å². The van der Waals surface area contributed by atoms with E-state index in [1.165, 1.54) is 12.1 Å². The van der Waals surface area contributed by atoms with E-state index in [0.717, 1.165) is 22.9 Å². The Morgan fingerprint density at radius 2 is 1.71 bits per heavy atom. The molecule has 5 heteroatoms. The lowest BCUT2D eigenvalue weighted by molar-refractivity contribution is 0.474. The first-order valence-electron chi connectivity index (χ1n) is 6.66. The molecule has 112 valence electrons. The minimum atomic E-state index is -0.308. The van der Waals surface area contributed by atoms with E-state index in [1.54, 1.807) is 6.07 Å². The van der Waals surface area contributed by atoms with E-state index in [0.29, 0.717) is 16.0 Å². The molecular weight excluding hydrogens is 401 g/mol. The van der Waals surface area contributed by atoms with Gasteiger partial charge < -0.3 is 10.5 Å². The quantitative estimate of drug-likeness (QED) is 0.705. The molecule has 0 aliphatic rings. The molecule has 2 nitrogen and oxygen atoms in total. The fourth-order valence-electron chi connectivity index (χ4n) is 1.88. The van der Waals surface area contributed by atoms with Gasteiger partial charge in [0.2, 0.25) is 0 Å². The van der Waals surface area contributed by atoms with Crippen molar-refractivity contribution in [2.24, 2.45) is 5.73 Å². The SMILES string of the molecule is CCC(N)Cc1ccc(Oc2ccc(F)cc2Br)c(Br)c1. The standard InChI is InChI=1S/C16H16Br2FNO/c1-2-12(20)7-10-3-5-15(13(17)8-10)21-16-6-4-11(19)9-14(16)18/h3-6,8-9,12H,2,7,20H2,1H3. The number of hydrogen-bond donors (Lipinski definition) is 1. The predicted octanol–water partition coefficient (Wildman–Crippen LogP) is 5.42. The van der Waals surface area contributed by atoms with E-state index in [9.17, 15) is 4.39 Å². The molecule has 0 spiro atoms. The zero-order chi connectivity index (χ0) is 15.4. The van der Waals surface area contributed by atoms with Gasteiger partial charge >= 0.3 is 0 Å². The third-order valence-electron chi connectivity index (χ3n) is 3.13. The first kappa shape index (κ1) is 16.5. The average Bonchev–Trinajstić information content (AvgIpc) is 2.44. The van der Waals surface area contributed by atoms with Crippen LogP contribution < -0.4 is 10.5 Å². The van der Waals surface area contributed by atoms with Gasteiger partial charge in [-0.05, 0) is 80.6 Å². The summed E-state index contributed by atoms with van der Waals surface area (Å²) in [5.41, 5.74) is 7.12. The molecule has 0 aromatic heterocycles. The minimum absolute atomic E-state index is 0.162. The van der Waals surface area contributed by atoms with Crippen LogP contribution in [0.3, 0.4) is 0 Å². The zero-order valence-electron chi connectivity index (χ0n) is 11.6. The fourth-order valence-corrected chi connectivity index (χ4v) is 2.82. The average molecular weight is 417 g/mol. The smallest absolute Gasteiger partial charge is 0.141 e. The normalized spacial score (nSPS) is 12.2. The molecule has 0 saturated heterocycles. The van der Waals surface area contributed by atoms with Crippen LogP contribution in [0.4, 0.5) is 4.39 Å². The third kappa shape index (κ3) is 4.53. The molecule has 2 rings (SSSR count). The van der Waals surface area contributed by atoms with Crippen LogP contribution in [0.25, 0.3) is 0 Å². The summed E-state index contributed by atoms with van der Waals surface area (Å²) in [7, 11) is 0. The van der Waals surface area contributed by atoms with E-state index in [4.69, 9.17) is 10.5 Å². The van der Waals surface area contributed by atoms with Crippen LogP contribution in [-0.4, -0.2) is 6.04 Å². The Hall–Kier alpha value is -0.910. The zero-order valence-corrected chi connectivity index (χ0v) is 14.7. The highest BCUT2D eigenvalue weighted by molar-refractivity contribution is 9.11. The van der Waals surface area contributed by atoms with Gasteiger partial charge in [-0.2, -0.15) is 0 Å². The molecule has 2 N–H and O–H groups in total. The molecule has 1 atom stereocenters. The van der Waals surface area contributed by atoms with Crippen molar-refractivity contribution in [2.75, 3.05) is 0 Å². The summed E-state index contributed by atoms with van der Waals surface area (Å²) in [5, 5.41) is 0. The summed E-state index contributed by atoms with van der Waals surface area (Å²) in [5.74, 6) is 0.934. The lowest BCUT2D eigenvalue weighted by Gasteiger charge is -2.12. The molecular formula is C16H16Br2FNO. The van der Waals surface area contributed by atoms with E-state index in [-0.39, 0.29) is 11.9 Å². The number of ether oxygens (including phenoxy) is 1. The number of nitrogens with two attached hydrogens (primary N) is 1. The highest BCUT2D eigenvalue weighted by atomic mass is 79.9. The lowest BCUT2D eigenvalue weighted by Crippen LogP contribution is -2.21. The second-order valence-corrected chi connectivity index (χ2v) is 6.52. The topological polar surface area (TPSA) is 35.2 Å². The van der Waals surface area contributed by atoms with Gasteiger partial charge in [-0.15, -0.1) is 0 Å². The number of halogens is 3. The molecule has 2 aromatic carbocycles. The molecule has 0 radical (unpaired) electrons. The second kappa shape index (κ2) is 7.38. The Kier molecular flexibility index (Phi) is 5.79. The van der Waals surface area contributed by atoms with Crippen LogP contribution >= 0.6 is 31.9 Å². The van der Waals surface area contributed by atoms with Gasteiger partial charge in [0.25, 0.3) is 0 Å². The van der Waals surface area contributed by atoms with Crippen molar-refractivity contribution < 1.29 is 9.13 Å². The number of rotatable bonds is 5. The summed E-state index contributed by atoms with van der Waals surface area (Å²) in [6.45, 7) is 2.07. The van der Waals surface area contributed by atoms with Crippen LogP contribution in [-0.2, 0) is 6.42 Å². The molecule has 0 aliphatic heterocycles. The van der Waals surface area contributed by atoms with Gasteiger partial charge in [0.1, 0.15) is 17.3 Å². The monoisotopic (exact) mass is 415 g/mol. The fraction of sp³-hybridized carbons (Fsp3) is 0.250. The number of hydrogen-bond acceptors (Lipinski definition) is 2. The molecule has 0 fully saturated rings. The summed E-state index contributed by atoms with van der Waals surface area (Å²) in [4.78, 5) is 0. The van der Waals surface area contributed by atoms with Crippen molar-refractivity contribution in [2.45, 2.75) is 25.8 Å². The highest BCUT2D eigenvalue weighted by Gasteiger charge is 2.09. The van der Waals surface area contributed by atoms with Crippen molar-refractivity contribution in [1.82, 2.24) is 0 Å². The molecule has 0 saturated carbocycles. The van der Waals surface area contributed by atoms with Crippen LogP contribution in [0.1, 0.15) is 18.9 Å². The predicted molar refractivity (Wildman–Crippen MR) is 90.3 cm³/mol. The molecule has 0 heterocycles. The summed E-state index contributed by atoms with van der Waals surface area (Å²) in [6, 6.07) is 10.4. The Labute approximate surface area is 140 Å². The maximum atomic E-state index is 13.1. The Bertz CT molecular complexity index is 634. The van der Waals surface area contributed by atoms with Crippen LogP contribution in [0, 0.1) is 5.82 Å². The Balaban J connectivity index is 2.17. The van der Waals surface area contributed by atoms with Gasteiger partial charge in [0, 0.05) is 6.04 Å². The van der Waals surface area contributed by atoms with Crippen molar-refractivity contribution >= 4 is 31.9 Å². The molecule has 21 heavy (non-hydrogen) atoms. The van der Waals surface area contributed by atoms with Gasteiger partial charge in [0.05, 0.1) is 8.95 Å². The van der Waals surface area contributed by atoms with Crippen LogP contribution in [0.2, 0.25) is 0 Å². The second-order valence-electron chi connectivity index (χ2n) is 4.81. The van der Waals surface area contributed by atoms with E-state index < -0.39 is 0 Å². The molecule has 1 unspecified atom stereocenters. The van der Waals surface area contributed by atoms with Crippen molar-refractivity contribution in [3.63, 3.8) is 0 Å². The van der Waals surface area contributed by atoms with Crippen molar-refractivity contribution in [1.29, 1.82) is 0 Å².